The summed E-state index contributed by atoms with van der Waals surface area (Å²) in [6, 6.07) is 9.21. The lowest BCUT2D eigenvalue weighted by atomic mass is 9.86. The first-order valence-corrected chi connectivity index (χ1v) is 8.84. The topological polar surface area (TPSA) is 63.8 Å². The van der Waals surface area contributed by atoms with E-state index < -0.39 is 0 Å². The highest BCUT2D eigenvalue weighted by atomic mass is 79.9. The Morgan fingerprint density at radius 2 is 2.04 bits per heavy atom. The minimum absolute atomic E-state index is 0.0968. The number of carbonyl (C=O) groups excluding carboxylic acids is 1. The van der Waals surface area contributed by atoms with Crippen LogP contribution < -0.4 is 10.2 Å². The summed E-state index contributed by atoms with van der Waals surface area (Å²) in [5, 5.41) is 3.83. The molecule has 0 aliphatic carbocycles. The second-order valence-corrected chi connectivity index (χ2v) is 7.81. The number of nitrogens with one attached hydrogen (secondary N) is 1. The average molecular weight is 458 g/mol. The molecule has 0 unspecified atom stereocenters. The third-order valence-corrected chi connectivity index (χ3v) is 4.00. The summed E-state index contributed by atoms with van der Waals surface area (Å²) in [5.74, 6) is 0.866. The molecule has 0 aliphatic heterocycles. The number of furan rings is 1. The van der Waals surface area contributed by atoms with Crippen LogP contribution in [0.25, 0.3) is 0 Å². The molecule has 0 fully saturated rings. The smallest absolute Gasteiger partial charge is 0.277 e. The van der Waals surface area contributed by atoms with Crippen molar-refractivity contribution in [3.63, 3.8) is 0 Å². The zero-order valence-electron chi connectivity index (χ0n) is 13.6. The van der Waals surface area contributed by atoms with Gasteiger partial charge >= 0.3 is 0 Å². The molecule has 7 heteroatoms. The Bertz CT molecular complexity index is 749. The molecule has 0 bridgehead atoms. The van der Waals surface area contributed by atoms with Gasteiger partial charge in [-0.25, -0.2) is 5.43 Å². The summed E-state index contributed by atoms with van der Waals surface area (Å²) in [7, 11) is 0. The van der Waals surface area contributed by atoms with Gasteiger partial charge in [0.05, 0.1) is 6.21 Å². The summed E-state index contributed by atoms with van der Waals surface area (Å²) in [4.78, 5) is 11.8. The summed E-state index contributed by atoms with van der Waals surface area (Å²) >= 11 is 6.65. The Hall–Kier alpha value is -1.60. The standard InChI is InChI=1S/C17H18Br2N2O3/c1-17(2,3)13-8-11(18)4-6-14(13)23-10-16(22)21-20-9-12-5-7-15(19)24-12/h4-9H,10H2,1-3H3,(H,21,22)/b20-9+. The molecule has 0 spiro atoms. The molecular formula is C17H18Br2N2O3. The summed E-state index contributed by atoms with van der Waals surface area (Å²) in [6.45, 7) is 6.15. The lowest BCUT2D eigenvalue weighted by Gasteiger charge is -2.23. The van der Waals surface area contributed by atoms with E-state index in [-0.39, 0.29) is 17.9 Å². The second kappa shape index (κ2) is 7.98. The molecule has 2 rings (SSSR count). The summed E-state index contributed by atoms with van der Waals surface area (Å²) in [5.41, 5.74) is 3.33. The molecule has 2 aromatic rings. The molecule has 0 atom stereocenters. The van der Waals surface area contributed by atoms with Crippen molar-refractivity contribution in [2.24, 2.45) is 5.10 Å². The minimum Gasteiger partial charge on any atom is -0.483 e. The molecule has 5 nitrogen and oxygen atoms in total. The Morgan fingerprint density at radius 3 is 2.67 bits per heavy atom. The van der Waals surface area contributed by atoms with Crippen molar-refractivity contribution in [3.05, 3.63) is 50.8 Å². The van der Waals surface area contributed by atoms with Crippen molar-refractivity contribution in [1.82, 2.24) is 5.43 Å². The van der Waals surface area contributed by atoms with Gasteiger partial charge in [-0.05, 0) is 51.7 Å². The predicted octanol–water partition coefficient (Wildman–Crippen LogP) is 4.63. The molecule has 0 radical (unpaired) electrons. The molecule has 0 saturated carbocycles. The van der Waals surface area contributed by atoms with Crippen LogP contribution in [0.3, 0.4) is 0 Å². The Labute approximate surface area is 157 Å². The molecule has 1 heterocycles. The van der Waals surface area contributed by atoms with Crippen molar-refractivity contribution in [1.29, 1.82) is 0 Å². The Kier molecular flexibility index (Phi) is 6.23. The van der Waals surface area contributed by atoms with Crippen molar-refractivity contribution < 1.29 is 13.9 Å². The molecular weight excluding hydrogens is 440 g/mol. The van der Waals surface area contributed by atoms with Gasteiger partial charge < -0.3 is 9.15 Å². The van der Waals surface area contributed by atoms with Crippen LogP contribution in [0.15, 0.2) is 49.0 Å². The van der Waals surface area contributed by atoms with Crippen LogP contribution in [-0.4, -0.2) is 18.7 Å². The highest BCUT2D eigenvalue weighted by Gasteiger charge is 2.19. The van der Waals surface area contributed by atoms with E-state index in [9.17, 15) is 4.79 Å². The van der Waals surface area contributed by atoms with Gasteiger partial charge in [0.25, 0.3) is 5.91 Å². The lowest BCUT2D eigenvalue weighted by Crippen LogP contribution is -2.25. The van der Waals surface area contributed by atoms with Crippen molar-refractivity contribution in [2.45, 2.75) is 26.2 Å². The average Bonchev–Trinajstić information content (AvgIpc) is 2.90. The number of hydrogen-bond acceptors (Lipinski definition) is 4. The molecule has 1 N–H and O–H groups in total. The molecule has 128 valence electrons. The van der Waals surface area contributed by atoms with E-state index >= 15 is 0 Å². The van der Waals surface area contributed by atoms with E-state index in [1.54, 1.807) is 12.1 Å². The van der Waals surface area contributed by atoms with Crippen LogP contribution in [-0.2, 0) is 10.2 Å². The predicted molar refractivity (Wildman–Crippen MR) is 100 cm³/mol. The third-order valence-electron chi connectivity index (χ3n) is 3.08. The number of rotatable bonds is 5. The van der Waals surface area contributed by atoms with Crippen molar-refractivity contribution in [3.8, 4) is 5.75 Å². The number of ether oxygens (including phenoxy) is 1. The Morgan fingerprint density at radius 1 is 1.29 bits per heavy atom. The molecule has 1 aromatic heterocycles. The number of hydrogen-bond donors (Lipinski definition) is 1. The number of hydrazone groups is 1. The second-order valence-electron chi connectivity index (χ2n) is 6.11. The normalized spacial score (nSPS) is 11.7. The monoisotopic (exact) mass is 456 g/mol. The number of amides is 1. The van der Waals surface area contributed by atoms with E-state index in [2.05, 4.69) is 63.2 Å². The van der Waals surface area contributed by atoms with E-state index in [0.717, 1.165) is 10.0 Å². The van der Waals surface area contributed by atoms with Gasteiger partial charge in [-0.1, -0.05) is 36.7 Å². The number of halogens is 2. The fourth-order valence-electron chi connectivity index (χ4n) is 1.96. The highest BCUT2D eigenvalue weighted by molar-refractivity contribution is 9.10. The van der Waals surface area contributed by atoms with Crippen molar-refractivity contribution >= 4 is 44.0 Å². The summed E-state index contributed by atoms with van der Waals surface area (Å²) in [6.07, 6.45) is 1.42. The van der Waals surface area contributed by atoms with Crippen LogP contribution >= 0.6 is 31.9 Å². The van der Waals surface area contributed by atoms with Crippen LogP contribution in [0, 0.1) is 0 Å². The van der Waals surface area contributed by atoms with Crippen LogP contribution in [0.5, 0.6) is 5.75 Å². The first-order chi connectivity index (χ1) is 11.3. The van der Waals surface area contributed by atoms with Gasteiger partial charge in [-0.15, -0.1) is 0 Å². The van der Waals surface area contributed by atoms with Crippen molar-refractivity contribution in [2.75, 3.05) is 6.61 Å². The maximum Gasteiger partial charge on any atom is 0.277 e. The van der Waals surface area contributed by atoms with E-state index in [1.807, 2.05) is 18.2 Å². The maximum absolute atomic E-state index is 11.8. The van der Waals surface area contributed by atoms with Gasteiger partial charge in [0, 0.05) is 10.0 Å². The van der Waals surface area contributed by atoms with E-state index in [0.29, 0.717) is 16.2 Å². The fraction of sp³-hybridized carbons (Fsp3) is 0.294. The molecule has 0 saturated heterocycles. The number of carbonyl (C=O) groups is 1. The zero-order valence-corrected chi connectivity index (χ0v) is 16.8. The van der Waals surface area contributed by atoms with E-state index in [1.165, 1.54) is 6.21 Å². The van der Waals surface area contributed by atoms with Gasteiger partial charge in [0.1, 0.15) is 11.5 Å². The van der Waals surface area contributed by atoms with Crippen LogP contribution in [0.4, 0.5) is 0 Å². The van der Waals surface area contributed by atoms with E-state index in [4.69, 9.17) is 9.15 Å². The maximum atomic E-state index is 11.8. The quantitative estimate of drug-likeness (QED) is 0.525. The first-order valence-electron chi connectivity index (χ1n) is 7.26. The van der Waals surface area contributed by atoms with Gasteiger partial charge in [-0.2, -0.15) is 5.10 Å². The van der Waals surface area contributed by atoms with Gasteiger partial charge in [0.15, 0.2) is 11.3 Å². The third kappa shape index (κ3) is 5.49. The summed E-state index contributed by atoms with van der Waals surface area (Å²) < 4.78 is 12.5. The first kappa shape index (κ1) is 18.7. The highest BCUT2D eigenvalue weighted by Crippen LogP contribution is 2.33. The molecule has 24 heavy (non-hydrogen) atoms. The minimum atomic E-state index is -0.348. The molecule has 1 aromatic carbocycles. The fourth-order valence-corrected chi connectivity index (χ4v) is 2.64. The zero-order chi connectivity index (χ0) is 17.7. The van der Waals surface area contributed by atoms with Crippen LogP contribution in [0.2, 0.25) is 0 Å². The molecule has 1 amide bonds. The van der Waals surface area contributed by atoms with Crippen LogP contribution in [0.1, 0.15) is 32.1 Å². The van der Waals surface area contributed by atoms with Gasteiger partial charge in [0.2, 0.25) is 0 Å². The van der Waals surface area contributed by atoms with Gasteiger partial charge in [-0.3, -0.25) is 4.79 Å². The number of benzene rings is 1. The largest absolute Gasteiger partial charge is 0.483 e. The Balaban J connectivity index is 1.93. The number of nitrogens with zero attached hydrogens (tertiary/aromatic N) is 1. The SMILES string of the molecule is CC(C)(C)c1cc(Br)ccc1OCC(=O)N/N=C/c1ccc(Br)o1. The molecule has 0 aliphatic rings. The lowest BCUT2D eigenvalue weighted by molar-refractivity contribution is -0.123.